The van der Waals surface area contributed by atoms with Crippen LogP contribution < -0.4 is 11.2 Å². The van der Waals surface area contributed by atoms with Crippen LogP contribution in [0.4, 0.5) is 0 Å². The number of rotatable bonds is 6. The van der Waals surface area contributed by atoms with Gasteiger partial charge in [-0.15, -0.1) is 0 Å². The first-order valence-corrected chi connectivity index (χ1v) is 10.9. The van der Waals surface area contributed by atoms with E-state index in [1.807, 2.05) is 11.3 Å². The molecule has 8 heteroatoms. The normalized spacial score (nSPS) is 15.7. The lowest BCUT2D eigenvalue weighted by molar-refractivity contribution is 0.218. The second-order valence-corrected chi connectivity index (χ2v) is 8.30. The molecule has 0 bridgehead atoms. The molecule has 0 atom stereocenters. The van der Waals surface area contributed by atoms with E-state index in [-0.39, 0.29) is 11.2 Å². The summed E-state index contributed by atoms with van der Waals surface area (Å²) in [5, 5.41) is 0. The predicted molar refractivity (Wildman–Crippen MR) is 115 cm³/mol. The van der Waals surface area contributed by atoms with E-state index < -0.39 is 0 Å². The highest BCUT2D eigenvalue weighted by Gasteiger charge is 2.22. The summed E-state index contributed by atoms with van der Waals surface area (Å²) in [6.07, 6.45) is 5.79. The van der Waals surface area contributed by atoms with Crippen LogP contribution in [0.1, 0.15) is 50.4 Å². The summed E-state index contributed by atoms with van der Waals surface area (Å²) in [7, 11) is 1.71. The molecule has 158 valence electrons. The van der Waals surface area contributed by atoms with Crippen molar-refractivity contribution >= 4 is 16.9 Å². The monoisotopic (exact) mass is 400 g/mol. The van der Waals surface area contributed by atoms with Gasteiger partial charge in [0, 0.05) is 38.1 Å². The zero-order valence-corrected chi connectivity index (χ0v) is 18.1. The quantitative estimate of drug-likeness (QED) is 0.635. The maximum Gasteiger partial charge on any atom is 0.332 e. The van der Waals surface area contributed by atoms with Crippen LogP contribution in [0.15, 0.2) is 9.59 Å². The molecule has 0 aromatic carbocycles. The van der Waals surface area contributed by atoms with Crippen molar-refractivity contribution in [3.63, 3.8) is 0 Å². The standard InChI is InChI=1S/C21H32N6O2/c1-5-6-12-25-15(2)16(3)27-17-18(22-20(25)27)23(4)21(29)26(19(17)28)14-13-24-10-8-7-9-11-24/h5-14H2,1-4H3. The second-order valence-electron chi connectivity index (χ2n) is 8.30. The van der Waals surface area contributed by atoms with Crippen LogP contribution in [0.25, 0.3) is 16.9 Å². The van der Waals surface area contributed by atoms with Crippen molar-refractivity contribution in [3.8, 4) is 0 Å². The number of nitrogens with zero attached hydrogens (tertiary/aromatic N) is 6. The van der Waals surface area contributed by atoms with Gasteiger partial charge in [0.15, 0.2) is 11.2 Å². The summed E-state index contributed by atoms with van der Waals surface area (Å²) in [5.74, 6) is 0.754. The summed E-state index contributed by atoms with van der Waals surface area (Å²) in [4.78, 5) is 33.4. The Morgan fingerprint density at radius 2 is 1.66 bits per heavy atom. The van der Waals surface area contributed by atoms with E-state index in [1.54, 1.807) is 7.05 Å². The average molecular weight is 401 g/mol. The summed E-state index contributed by atoms with van der Waals surface area (Å²) >= 11 is 0. The first-order chi connectivity index (χ1) is 14.0. The van der Waals surface area contributed by atoms with Gasteiger partial charge in [0.05, 0.1) is 0 Å². The fourth-order valence-corrected chi connectivity index (χ4v) is 4.52. The smallest absolute Gasteiger partial charge is 0.314 e. The third-order valence-electron chi connectivity index (χ3n) is 6.45. The topological polar surface area (TPSA) is 69.5 Å². The zero-order valence-electron chi connectivity index (χ0n) is 18.1. The highest BCUT2D eigenvalue weighted by atomic mass is 16.2. The zero-order chi connectivity index (χ0) is 20.7. The number of likely N-dealkylation sites (tertiary alicyclic amines) is 1. The van der Waals surface area contributed by atoms with Crippen LogP contribution in [0.5, 0.6) is 0 Å². The molecule has 0 saturated carbocycles. The molecular weight excluding hydrogens is 368 g/mol. The largest absolute Gasteiger partial charge is 0.332 e. The van der Waals surface area contributed by atoms with Gasteiger partial charge in [-0.05, 0) is 46.2 Å². The van der Waals surface area contributed by atoms with E-state index in [9.17, 15) is 9.59 Å². The molecule has 3 aromatic rings. The molecule has 4 heterocycles. The third-order valence-corrected chi connectivity index (χ3v) is 6.45. The Morgan fingerprint density at radius 3 is 2.34 bits per heavy atom. The minimum Gasteiger partial charge on any atom is -0.314 e. The molecule has 1 saturated heterocycles. The van der Waals surface area contributed by atoms with Crippen molar-refractivity contribution in [2.45, 2.75) is 66.0 Å². The highest BCUT2D eigenvalue weighted by molar-refractivity contribution is 5.76. The molecule has 8 nitrogen and oxygen atoms in total. The van der Waals surface area contributed by atoms with Gasteiger partial charge in [-0.1, -0.05) is 19.8 Å². The average Bonchev–Trinajstić information content (AvgIpc) is 3.22. The van der Waals surface area contributed by atoms with Gasteiger partial charge in [-0.3, -0.25) is 18.3 Å². The fraction of sp³-hybridized carbons (Fsp3) is 0.667. The highest BCUT2D eigenvalue weighted by Crippen LogP contribution is 2.21. The maximum atomic E-state index is 13.4. The van der Waals surface area contributed by atoms with Crippen LogP contribution in [0, 0.1) is 13.8 Å². The van der Waals surface area contributed by atoms with Crippen molar-refractivity contribution in [1.82, 2.24) is 28.0 Å². The van der Waals surface area contributed by atoms with Gasteiger partial charge in [0.1, 0.15) is 0 Å². The lowest BCUT2D eigenvalue weighted by Crippen LogP contribution is -2.43. The first-order valence-electron chi connectivity index (χ1n) is 10.9. The van der Waals surface area contributed by atoms with Crippen molar-refractivity contribution in [3.05, 3.63) is 32.2 Å². The number of unbranched alkanes of at least 4 members (excludes halogenated alkanes) is 1. The van der Waals surface area contributed by atoms with Crippen molar-refractivity contribution < 1.29 is 0 Å². The SMILES string of the molecule is CCCCn1c(C)c(C)n2c3c(=O)n(CCN4CCCCC4)c(=O)n(C)c3nc12. The number of piperidine rings is 1. The molecule has 1 aliphatic heterocycles. The Morgan fingerprint density at radius 1 is 0.931 bits per heavy atom. The van der Waals surface area contributed by atoms with Crippen molar-refractivity contribution in [1.29, 1.82) is 0 Å². The Balaban J connectivity index is 1.85. The molecular formula is C21H32N6O2. The van der Waals surface area contributed by atoms with Crippen molar-refractivity contribution in [2.24, 2.45) is 7.05 Å². The van der Waals surface area contributed by atoms with Crippen LogP contribution >= 0.6 is 0 Å². The number of hydrogen-bond donors (Lipinski definition) is 0. The summed E-state index contributed by atoms with van der Waals surface area (Å²) < 4.78 is 7.03. The Bertz CT molecular complexity index is 1160. The first kappa shape index (κ1) is 19.9. The summed E-state index contributed by atoms with van der Waals surface area (Å²) in [5.41, 5.74) is 2.60. The molecule has 1 fully saturated rings. The molecule has 1 aliphatic rings. The van der Waals surface area contributed by atoms with Gasteiger partial charge >= 0.3 is 5.69 Å². The Kier molecular flexibility index (Phi) is 5.38. The van der Waals surface area contributed by atoms with Crippen LogP contribution in [-0.4, -0.2) is 47.6 Å². The molecule has 0 unspecified atom stereocenters. The number of fused-ring (bicyclic) bond motifs is 3. The molecule has 0 aliphatic carbocycles. The molecule has 0 N–H and O–H groups in total. The maximum absolute atomic E-state index is 13.4. The summed E-state index contributed by atoms with van der Waals surface area (Å²) in [6, 6.07) is 0. The van der Waals surface area contributed by atoms with E-state index in [0.717, 1.165) is 56.2 Å². The molecule has 0 amide bonds. The fourth-order valence-electron chi connectivity index (χ4n) is 4.52. The second kappa shape index (κ2) is 7.82. The molecule has 0 radical (unpaired) electrons. The minimum atomic E-state index is -0.283. The van der Waals surface area contributed by atoms with E-state index in [1.165, 1.54) is 28.4 Å². The van der Waals surface area contributed by atoms with Crippen LogP contribution in [-0.2, 0) is 20.1 Å². The third kappa shape index (κ3) is 3.23. The van der Waals surface area contributed by atoms with Gasteiger partial charge in [0.25, 0.3) is 5.56 Å². The molecule has 4 rings (SSSR count). The van der Waals surface area contributed by atoms with E-state index in [0.29, 0.717) is 17.7 Å². The number of aromatic nitrogens is 5. The molecule has 3 aromatic heterocycles. The van der Waals surface area contributed by atoms with Gasteiger partial charge in [-0.2, -0.15) is 4.98 Å². The van der Waals surface area contributed by atoms with Gasteiger partial charge < -0.3 is 9.47 Å². The number of aryl methyl sites for hydroxylation is 3. The lowest BCUT2D eigenvalue weighted by Gasteiger charge is -2.26. The Labute approximate surface area is 170 Å². The predicted octanol–water partition coefficient (Wildman–Crippen LogP) is 2.05. The lowest BCUT2D eigenvalue weighted by atomic mass is 10.1. The minimum absolute atomic E-state index is 0.233. The van der Waals surface area contributed by atoms with E-state index in [4.69, 9.17) is 4.98 Å². The number of imidazole rings is 2. The van der Waals surface area contributed by atoms with Gasteiger partial charge in [-0.25, -0.2) is 4.79 Å². The molecule has 29 heavy (non-hydrogen) atoms. The van der Waals surface area contributed by atoms with E-state index >= 15 is 0 Å². The van der Waals surface area contributed by atoms with Crippen molar-refractivity contribution in [2.75, 3.05) is 19.6 Å². The van der Waals surface area contributed by atoms with Crippen LogP contribution in [0.3, 0.4) is 0 Å². The van der Waals surface area contributed by atoms with Crippen LogP contribution in [0.2, 0.25) is 0 Å². The Hall–Kier alpha value is -2.35. The summed E-state index contributed by atoms with van der Waals surface area (Å²) in [6.45, 7) is 10.4. The molecule has 0 spiro atoms. The van der Waals surface area contributed by atoms with E-state index in [2.05, 4.69) is 23.3 Å². The number of hydrogen-bond acceptors (Lipinski definition) is 4. The van der Waals surface area contributed by atoms with Gasteiger partial charge in [0.2, 0.25) is 5.78 Å².